The monoisotopic (exact) mass is 365 g/mol. The van der Waals surface area contributed by atoms with Crippen molar-refractivity contribution in [2.75, 3.05) is 0 Å². The molecular weight excluding hydrogens is 350 g/mol. The number of amides is 1. The minimum Gasteiger partial charge on any atom is -0.305 e. The van der Waals surface area contributed by atoms with Gasteiger partial charge in [0.2, 0.25) is 0 Å². The zero-order valence-electron chi connectivity index (χ0n) is 14.2. The molecule has 1 aromatic heterocycles. The number of fused-ring (bicyclic) bond motifs is 1. The van der Waals surface area contributed by atoms with Crippen LogP contribution in [-0.4, -0.2) is 15.4 Å². The largest absolute Gasteiger partial charge is 0.305 e. The van der Waals surface area contributed by atoms with E-state index in [2.05, 4.69) is 10.9 Å². The van der Waals surface area contributed by atoms with Gasteiger partial charge in [0.15, 0.2) is 4.80 Å². The topological polar surface area (TPSA) is 77.5 Å². The Labute approximate surface area is 153 Å². The molecule has 0 N–H and O–H groups in total. The standard InChI is InChI=1S/C19H15N3O3S/c1-4-8-21-16-9-12(2)13(3)10-17(16)26-19(21)20-18(23)14-6-5-7-15(11-14)22(24)25/h1,5-7,9-11H,8H2,2-3H3. The van der Waals surface area contributed by atoms with Crippen molar-refractivity contribution in [2.45, 2.75) is 20.4 Å². The Morgan fingerprint density at radius 3 is 2.73 bits per heavy atom. The van der Waals surface area contributed by atoms with Crippen LogP contribution in [0.1, 0.15) is 21.5 Å². The lowest BCUT2D eigenvalue weighted by Crippen LogP contribution is -2.16. The molecule has 3 rings (SSSR count). The summed E-state index contributed by atoms with van der Waals surface area (Å²) in [4.78, 5) is 27.5. The number of nitrogens with zero attached hydrogens (tertiary/aromatic N) is 3. The first-order valence-electron chi connectivity index (χ1n) is 7.78. The Morgan fingerprint density at radius 1 is 1.31 bits per heavy atom. The van der Waals surface area contributed by atoms with Crippen LogP contribution < -0.4 is 4.80 Å². The summed E-state index contributed by atoms with van der Waals surface area (Å²) in [5.74, 6) is 2.04. The van der Waals surface area contributed by atoms with Gasteiger partial charge in [-0.25, -0.2) is 0 Å². The molecule has 0 spiro atoms. The van der Waals surface area contributed by atoms with E-state index in [0.717, 1.165) is 21.3 Å². The lowest BCUT2D eigenvalue weighted by molar-refractivity contribution is -0.384. The number of hydrogen-bond donors (Lipinski definition) is 0. The molecule has 26 heavy (non-hydrogen) atoms. The lowest BCUT2D eigenvalue weighted by Gasteiger charge is -2.03. The van der Waals surface area contributed by atoms with E-state index in [1.54, 1.807) is 0 Å². The molecule has 6 nitrogen and oxygen atoms in total. The third-order valence-corrected chi connectivity index (χ3v) is 5.09. The first-order valence-corrected chi connectivity index (χ1v) is 8.60. The number of aryl methyl sites for hydroxylation is 2. The summed E-state index contributed by atoms with van der Waals surface area (Å²) in [7, 11) is 0. The molecular formula is C19H15N3O3S. The summed E-state index contributed by atoms with van der Waals surface area (Å²) in [5.41, 5.74) is 3.20. The highest BCUT2D eigenvalue weighted by Crippen LogP contribution is 2.22. The van der Waals surface area contributed by atoms with Gasteiger partial charge in [0, 0.05) is 17.7 Å². The lowest BCUT2D eigenvalue weighted by atomic mass is 10.1. The van der Waals surface area contributed by atoms with E-state index in [-0.39, 0.29) is 17.8 Å². The Morgan fingerprint density at radius 2 is 2.04 bits per heavy atom. The summed E-state index contributed by atoms with van der Waals surface area (Å²) in [5, 5.41) is 10.9. The van der Waals surface area contributed by atoms with Gasteiger partial charge in [-0.3, -0.25) is 14.9 Å². The van der Waals surface area contributed by atoms with E-state index in [4.69, 9.17) is 6.42 Å². The minimum atomic E-state index is -0.542. The maximum atomic E-state index is 12.5. The van der Waals surface area contributed by atoms with Crippen molar-refractivity contribution >= 4 is 33.1 Å². The molecule has 130 valence electrons. The summed E-state index contributed by atoms with van der Waals surface area (Å²) in [6.07, 6.45) is 5.47. The second-order valence-corrected chi connectivity index (χ2v) is 6.81. The van der Waals surface area contributed by atoms with Gasteiger partial charge in [-0.1, -0.05) is 23.3 Å². The van der Waals surface area contributed by atoms with Crippen LogP contribution in [0.4, 0.5) is 5.69 Å². The average Bonchev–Trinajstić information content (AvgIpc) is 2.92. The second-order valence-electron chi connectivity index (χ2n) is 5.80. The number of aromatic nitrogens is 1. The van der Waals surface area contributed by atoms with Crippen molar-refractivity contribution < 1.29 is 9.72 Å². The van der Waals surface area contributed by atoms with Crippen LogP contribution in [-0.2, 0) is 6.54 Å². The Kier molecular flexibility index (Phi) is 4.69. The van der Waals surface area contributed by atoms with Crippen molar-refractivity contribution in [3.05, 3.63) is 68.0 Å². The molecule has 0 fully saturated rings. The molecule has 0 aliphatic carbocycles. The summed E-state index contributed by atoms with van der Waals surface area (Å²) < 4.78 is 2.79. The Bertz CT molecular complexity index is 1150. The summed E-state index contributed by atoms with van der Waals surface area (Å²) in [6.45, 7) is 4.31. The van der Waals surface area contributed by atoms with E-state index in [9.17, 15) is 14.9 Å². The highest BCUT2D eigenvalue weighted by atomic mass is 32.1. The van der Waals surface area contributed by atoms with Crippen molar-refractivity contribution in [2.24, 2.45) is 4.99 Å². The minimum absolute atomic E-state index is 0.148. The summed E-state index contributed by atoms with van der Waals surface area (Å²) >= 11 is 1.37. The van der Waals surface area contributed by atoms with Gasteiger partial charge in [-0.15, -0.1) is 6.42 Å². The zero-order chi connectivity index (χ0) is 18.8. The van der Waals surface area contributed by atoms with Gasteiger partial charge in [0.1, 0.15) is 0 Å². The van der Waals surface area contributed by atoms with Gasteiger partial charge in [0.25, 0.3) is 11.6 Å². The van der Waals surface area contributed by atoms with Crippen LogP contribution in [0.2, 0.25) is 0 Å². The molecule has 1 amide bonds. The predicted molar refractivity (Wildman–Crippen MR) is 101 cm³/mol. The van der Waals surface area contributed by atoms with Crippen LogP contribution in [0.25, 0.3) is 10.2 Å². The van der Waals surface area contributed by atoms with Crippen LogP contribution in [0.15, 0.2) is 41.4 Å². The van der Waals surface area contributed by atoms with Crippen molar-refractivity contribution in [1.29, 1.82) is 0 Å². The number of carbonyl (C=O) groups is 1. The van der Waals surface area contributed by atoms with Crippen LogP contribution in [0.5, 0.6) is 0 Å². The van der Waals surface area contributed by atoms with Crippen LogP contribution in [0.3, 0.4) is 0 Å². The molecule has 1 heterocycles. The zero-order valence-corrected chi connectivity index (χ0v) is 15.0. The fourth-order valence-corrected chi connectivity index (χ4v) is 3.66. The Hall–Kier alpha value is -3.24. The van der Waals surface area contributed by atoms with Crippen LogP contribution in [0, 0.1) is 36.3 Å². The van der Waals surface area contributed by atoms with Gasteiger partial charge in [0.05, 0.1) is 21.7 Å². The number of non-ortho nitro benzene ring substituents is 1. The molecule has 0 radical (unpaired) electrons. The molecule has 0 aliphatic heterocycles. The Balaban J connectivity index is 2.16. The third-order valence-electron chi connectivity index (χ3n) is 4.05. The SMILES string of the molecule is C#CCn1c(=NC(=O)c2cccc([N+](=O)[O-])c2)sc2cc(C)c(C)cc21. The second kappa shape index (κ2) is 6.94. The van der Waals surface area contributed by atoms with E-state index in [0.29, 0.717) is 4.80 Å². The molecule has 0 atom stereocenters. The quantitative estimate of drug-likeness (QED) is 0.404. The fraction of sp³-hybridized carbons (Fsp3) is 0.158. The third kappa shape index (κ3) is 3.27. The first-order chi connectivity index (χ1) is 12.4. The molecule has 2 aromatic carbocycles. The highest BCUT2D eigenvalue weighted by molar-refractivity contribution is 7.16. The molecule has 0 unspecified atom stereocenters. The smallest absolute Gasteiger partial charge is 0.279 e. The van der Waals surface area contributed by atoms with Crippen molar-refractivity contribution in [1.82, 2.24) is 4.57 Å². The number of terminal acetylenes is 1. The molecule has 0 aliphatic rings. The number of rotatable bonds is 3. The summed E-state index contributed by atoms with van der Waals surface area (Å²) in [6, 6.07) is 9.59. The number of thiazole rings is 1. The number of hydrogen-bond acceptors (Lipinski definition) is 4. The molecule has 0 bridgehead atoms. The number of benzene rings is 2. The van der Waals surface area contributed by atoms with E-state index in [1.807, 2.05) is 30.5 Å². The molecule has 0 saturated heterocycles. The average molecular weight is 365 g/mol. The number of nitro groups is 1. The molecule has 0 saturated carbocycles. The van der Waals surface area contributed by atoms with Crippen LogP contribution >= 0.6 is 11.3 Å². The molecule has 3 aromatic rings. The van der Waals surface area contributed by atoms with Gasteiger partial charge < -0.3 is 4.57 Å². The maximum absolute atomic E-state index is 12.5. The van der Waals surface area contributed by atoms with Crippen molar-refractivity contribution in [3.8, 4) is 12.3 Å². The number of nitro benzene ring substituents is 1. The van der Waals surface area contributed by atoms with Gasteiger partial charge >= 0.3 is 0 Å². The number of carbonyl (C=O) groups excluding carboxylic acids is 1. The van der Waals surface area contributed by atoms with E-state index < -0.39 is 10.8 Å². The van der Waals surface area contributed by atoms with E-state index >= 15 is 0 Å². The first kappa shape index (κ1) is 17.6. The van der Waals surface area contributed by atoms with Gasteiger partial charge in [-0.2, -0.15) is 4.99 Å². The van der Waals surface area contributed by atoms with E-state index in [1.165, 1.54) is 35.6 Å². The van der Waals surface area contributed by atoms with Gasteiger partial charge in [-0.05, 0) is 43.2 Å². The normalized spacial score (nSPS) is 11.5. The molecule has 7 heteroatoms. The predicted octanol–water partition coefficient (Wildman–Crippen LogP) is 3.60. The highest BCUT2D eigenvalue weighted by Gasteiger charge is 2.13. The fourth-order valence-electron chi connectivity index (χ4n) is 2.55. The van der Waals surface area contributed by atoms with Crippen molar-refractivity contribution in [3.63, 3.8) is 0 Å². The maximum Gasteiger partial charge on any atom is 0.279 e.